The van der Waals surface area contributed by atoms with Crippen LogP contribution in [-0.4, -0.2) is 26.1 Å². The van der Waals surface area contributed by atoms with Gasteiger partial charge in [-0.1, -0.05) is 26.0 Å². The number of ether oxygens (including phenoxy) is 3. The smallest absolute Gasteiger partial charge is 0.181 e. The summed E-state index contributed by atoms with van der Waals surface area (Å²) in [6.45, 7) is 6.11. The van der Waals surface area contributed by atoms with Crippen LogP contribution in [0.5, 0.6) is 5.75 Å². The van der Waals surface area contributed by atoms with Crippen molar-refractivity contribution < 1.29 is 14.2 Å². The third-order valence-corrected chi connectivity index (χ3v) is 7.29. The minimum absolute atomic E-state index is 0.0338. The lowest BCUT2D eigenvalue weighted by atomic mass is 9.60. The minimum atomic E-state index is -0.404. The molecular weight excluding hydrogens is 324 g/mol. The summed E-state index contributed by atoms with van der Waals surface area (Å²) in [5.74, 6) is 1.07. The average Bonchev–Trinajstić information content (AvgIpc) is 3.28. The summed E-state index contributed by atoms with van der Waals surface area (Å²) in [6.07, 6.45) is 7.76. The molecule has 2 atom stereocenters. The molecule has 3 aliphatic carbocycles. The van der Waals surface area contributed by atoms with Gasteiger partial charge in [0.15, 0.2) is 5.79 Å². The van der Waals surface area contributed by atoms with E-state index >= 15 is 0 Å². The summed E-state index contributed by atoms with van der Waals surface area (Å²) in [5.41, 5.74) is 7.54. The first kappa shape index (κ1) is 16.6. The minimum Gasteiger partial charge on any atom is -0.497 e. The van der Waals surface area contributed by atoms with E-state index in [2.05, 4.69) is 38.1 Å². The second kappa shape index (κ2) is 5.71. The van der Waals surface area contributed by atoms with Crippen LogP contribution in [0.25, 0.3) is 5.57 Å². The molecule has 4 aliphatic rings. The van der Waals surface area contributed by atoms with E-state index < -0.39 is 5.79 Å². The molecule has 3 heteroatoms. The van der Waals surface area contributed by atoms with Gasteiger partial charge in [-0.25, -0.2) is 0 Å². The van der Waals surface area contributed by atoms with Crippen molar-refractivity contribution >= 4 is 5.57 Å². The van der Waals surface area contributed by atoms with Gasteiger partial charge in [0.1, 0.15) is 5.75 Å². The van der Waals surface area contributed by atoms with Gasteiger partial charge >= 0.3 is 0 Å². The van der Waals surface area contributed by atoms with Crippen molar-refractivity contribution in [2.75, 3.05) is 20.3 Å². The van der Waals surface area contributed by atoms with E-state index in [1.54, 1.807) is 18.3 Å². The Balaban J connectivity index is 1.64. The Bertz CT molecular complexity index is 813. The molecule has 1 saturated heterocycles. The lowest BCUT2D eigenvalue weighted by molar-refractivity contribution is -0.218. The van der Waals surface area contributed by atoms with Crippen molar-refractivity contribution in [3.05, 3.63) is 46.5 Å². The zero-order chi connectivity index (χ0) is 17.9. The van der Waals surface area contributed by atoms with E-state index in [1.165, 1.54) is 16.7 Å². The third-order valence-electron chi connectivity index (χ3n) is 7.29. The maximum Gasteiger partial charge on any atom is 0.181 e. The molecule has 0 N–H and O–H groups in total. The normalized spacial score (nSPS) is 31.5. The summed E-state index contributed by atoms with van der Waals surface area (Å²) in [6, 6.07) is 6.61. The molecule has 3 nitrogen and oxygen atoms in total. The van der Waals surface area contributed by atoms with Gasteiger partial charge in [0, 0.05) is 11.8 Å². The molecule has 0 bridgehead atoms. The quantitative estimate of drug-likeness (QED) is 0.730. The molecule has 1 heterocycles. The summed E-state index contributed by atoms with van der Waals surface area (Å²) in [7, 11) is 1.75. The maximum atomic E-state index is 6.26. The Morgan fingerprint density at radius 1 is 1.19 bits per heavy atom. The van der Waals surface area contributed by atoms with Crippen LogP contribution >= 0.6 is 0 Å². The first-order valence-electron chi connectivity index (χ1n) is 10.0. The zero-order valence-electron chi connectivity index (χ0n) is 16.1. The van der Waals surface area contributed by atoms with E-state index in [0.717, 1.165) is 51.1 Å². The van der Waals surface area contributed by atoms with E-state index in [0.29, 0.717) is 5.92 Å². The Labute approximate surface area is 156 Å². The highest BCUT2D eigenvalue weighted by Crippen LogP contribution is 2.64. The monoisotopic (exact) mass is 352 g/mol. The summed E-state index contributed by atoms with van der Waals surface area (Å²) in [5, 5.41) is 0. The molecule has 1 spiro atoms. The highest BCUT2D eigenvalue weighted by atomic mass is 16.7. The maximum absolute atomic E-state index is 6.26. The molecule has 138 valence electrons. The fraction of sp³-hybridized carbons (Fsp3) is 0.565. The molecule has 0 amide bonds. The Morgan fingerprint density at radius 2 is 2.00 bits per heavy atom. The third kappa shape index (κ3) is 1.96. The van der Waals surface area contributed by atoms with E-state index in [1.807, 2.05) is 0 Å². The molecule has 1 aromatic rings. The predicted octanol–water partition coefficient (Wildman–Crippen LogP) is 5.22. The van der Waals surface area contributed by atoms with Crippen LogP contribution in [-0.2, 0) is 9.47 Å². The van der Waals surface area contributed by atoms with Crippen LogP contribution in [0, 0.1) is 5.41 Å². The summed E-state index contributed by atoms with van der Waals surface area (Å²) < 4.78 is 18.0. The number of allylic oxidation sites excluding steroid dienone is 2. The number of hydrogen-bond donors (Lipinski definition) is 0. The molecule has 5 rings (SSSR count). The number of methoxy groups -OCH3 is 1. The topological polar surface area (TPSA) is 27.7 Å². The number of fused-ring (bicyclic) bond motifs is 5. The molecular formula is C23H28O3. The van der Waals surface area contributed by atoms with Crippen molar-refractivity contribution in [1.82, 2.24) is 0 Å². The fourth-order valence-electron chi connectivity index (χ4n) is 6.00. The molecule has 1 fully saturated rings. The van der Waals surface area contributed by atoms with Crippen molar-refractivity contribution in [1.29, 1.82) is 0 Å². The van der Waals surface area contributed by atoms with Gasteiger partial charge < -0.3 is 14.2 Å². The van der Waals surface area contributed by atoms with Crippen molar-refractivity contribution in [2.24, 2.45) is 5.41 Å². The number of hydrogen-bond acceptors (Lipinski definition) is 3. The van der Waals surface area contributed by atoms with Gasteiger partial charge in [0.2, 0.25) is 0 Å². The Hall–Kier alpha value is -1.58. The molecule has 26 heavy (non-hydrogen) atoms. The Morgan fingerprint density at radius 3 is 2.73 bits per heavy atom. The summed E-state index contributed by atoms with van der Waals surface area (Å²) in [4.78, 5) is 0. The van der Waals surface area contributed by atoms with E-state index in [4.69, 9.17) is 14.2 Å². The van der Waals surface area contributed by atoms with E-state index in [-0.39, 0.29) is 5.41 Å². The zero-order valence-corrected chi connectivity index (χ0v) is 16.1. The lowest BCUT2D eigenvalue weighted by Gasteiger charge is -2.48. The molecule has 0 saturated carbocycles. The summed E-state index contributed by atoms with van der Waals surface area (Å²) >= 11 is 0. The van der Waals surface area contributed by atoms with Crippen LogP contribution in [0.2, 0.25) is 0 Å². The fourth-order valence-corrected chi connectivity index (χ4v) is 6.00. The van der Waals surface area contributed by atoms with Crippen LogP contribution in [0.3, 0.4) is 0 Å². The number of rotatable bonds is 2. The lowest BCUT2D eigenvalue weighted by Crippen LogP contribution is -2.48. The van der Waals surface area contributed by atoms with Crippen molar-refractivity contribution in [3.63, 3.8) is 0 Å². The first-order valence-corrected chi connectivity index (χ1v) is 10.0. The van der Waals surface area contributed by atoms with Gasteiger partial charge in [-0.15, -0.1) is 0 Å². The molecule has 2 unspecified atom stereocenters. The predicted molar refractivity (Wildman–Crippen MR) is 102 cm³/mol. The van der Waals surface area contributed by atoms with Gasteiger partial charge in [0.25, 0.3) is 0 Å². The van der Waals surface area contributed by atoms with Crippen LogP contribution < -0.4 is 4.74 Å². The molecule has 0 radical (unpaired) electrons. The second-order valence-electron chi connectivity index (χ2n) is 8.22. The molecule has 1 aliphatic heterocycles. The largest absolute Gasteiger partial charge is 0.497 e. The van der Waals surface area contributed by atoms with Gasteiger partial charge in [-0.05, 0) is 71.6 Å². The second-order valence-corrected chi connectivity index (χ2v) is 8.22. The molecule has 0 aromatic heterocycles. The van der Waals surface area contributed by atoms with Crippen LogP contribution in [0.1, 0.15) is 63.0 Å². The van der Waals surface area contributed by atoms with Gasteiger partial charge in [-0.2, -0.15) is 0 Å². The first-order chi connectivity index (χ1) is 12.6. The standard InChI is InChI=1S/C23H28O3/c1-4-22-9-7-18-17-6-5-16(24-3)14-19(17)15(2)13-20(18)21(22)8-10-23(22)25-11-12-26-23/h5-6,8,14-15H,4,7,9-13H2,1-3H3. The highest BCUT2D eigenvalue weighted by Gasteiger charge is 2.61. The van der Waals surface area contributed by atoms with Crippen molar-refractivity contribution in [2.45, 2.75) is 57.7 Å². The average molecular weight is 352 g/mol. The Kier molecular flexibility index (Phi) is 3.64. The van der Waals surface area contributed by atoms with Crippen LogP contribution in [0.15, 0.2) is 35.4 Å². The highest BCUT2D eigenvalue weighted by molar-refractivity contribution is 5.80. The number of benzene rings is 1. The molecule has 1 aromatic carbocycles. The SMILES string of the molecule is CCC12CCC3=C(CC(C)c4cc(OC)ccc43)C1=CCC21OCCO1. The van der Waals surface area contributed by atoms with Crippen molar-refractivity contribution in [3.8, 4) is 5.75 Å². The van der Waals surface area contributed by atoms with Crippen LogP contribution in [0.4, 0.5) is 0 Å². The van der Waals surface area contributed by atoms with Gasteiger partial charge in [-0.3, -0.25) is 0 Å². The van der Waals surface area contributed by atoms with Gasteiger partial charge in [0.05, 0.1) is 20.3 Å². The van der Waals surface area contributed by atoms with E-state index in [9.17, 15) is 0 Å².